The summed E-state index contributed by atoms with van der Waals surface area (Å²) in [6.45, 7) is 18.7. The number of amides is 7. The number of aliphatic carboxylic acids is 1. The summed E-state index contributed by atoms with van der Waals surface area (Å²) in [5.41, 5.74) is 18.4. The Hall–Kier alpha value is -8.00. The summed E-state index contributed by atoms with van der Waals surface area (Å²) in [5.74, 6) is -2.04. The van der Waals surface area contributed by atoms with E-state index in [-0.39, 0.29) is 66.4 Å². The molecule has 3 aliphatic carbocycles. The largest absolute Gasteiger partial charge is 0.480 e. The number of halogens is 2. The summed E-state index contributed by atoms with van der Waals surface area (Å²) in [5, 5.41) is 33.5. The Morgan fingerprint density at radius 3 is 1.45 bits per heavy atom. The number of H-pyrrole nitrogens is 2. The molecule has 0 radical (unpaired) electrons. The van der Waals surface area contributed by atoms with Crippen LogP contribution in [0.4, 0.5) is 25.8 Å². The highest BCUT2D eigenvalue weighted by atomic mass is 35.5. The minimum atomic E-state index is -0.979. The number of ether oxygens (including phenoxy) is 3. The summed E-state index contributed by atoms with van der Waals surface area (Å²) in [4.78, 5) is 109. The molecule has 3 saturated carbocycles. The van der Waals surface area contributed by atoms with Crippen molar-refractivity contribution in [3.63, 3.8) is 0 Å². The van der Waals surface area contributed by atoms with Crippen molar-refractivity contribution in [3.05, 3.63) is 70.1 Å². The van der Waals surface area contributed by atoms with E-state index in [9.17, 15) is 43.5 Å². The van der Waals surface area contributed by atoms with Crippen LogP contribution in [0.1, 0.15) is 215 Å². The molecule has 0 unspecified atom stereocenters. The predicted octanol–water partition coefficient (Wildman–Crippen LogP) is 11.5. The van der Waals surface area contributed by atoms with E-state index < -0.39 is 59.0 Å². The number of hydrogen-bond donors (Lipinski definition) is 11. The van der Waals surface area contributed by atoms with Gasteiger partial charge in [0, 0.05) is 63.9 Å². The summed E-state index contributed by atoms with van der Waals surface area (Å²) in [6, 6.07) is 4.86. The molecular weight excluding hydrogens is 1270 g/mol. The van der Waals surface area contributed by atoms with Crippen molar-refractivity contribution in [1.29, 1.82) is 0 Å². The van der Waals surface area contributed by atoms with Crippen molar-refractivity contribution in [1.82, 2.24) is 41.7 Å². The van der Waals surface area contributed by atoms with Crippen LogP contribution in [0.2, 0.25) is 0 Å². The fourth-order valence-electron chi connectivity index (χ4n) is 13.4. The lowest BCUT2D eigenvalue weighted by Gasteiger charge is -2.31. The van der Waals surface area contributed by atoms with E-state index in [1.54, 1.807) is 77.1 Å². The highest BCUT2D eigenvalue weighted by Gasteiger charge is 2.36. The normalized spacial score (nSPS) is 18.5. The van der Waals surface area contributed by atoms with Gasteiger partial charge >= 0.3 is 24.2 Å². The third-order valence-electron chi connectivity index (χ3n) is 17.8. The SMILES string of the molecule is CC(C)(C)OC(=O)N[C@@H](C(=O)Nc1cc2c3c(c(C4=CCN(C(=O)OC(C)(C)C)CC4)[nH]c3c1)C=NNC2=O)C1CCCCC1.CC(C)(C)OC(=O)N[C@@H](C(=O)O)C1CCCCC1.Cl.Cl.N[C@@H](C(=O)Nc1cc2c3c(c(C4=CCNCC4)[nH]c3c1)C=NNC2=O)C1CCCCC1. The number of carboxylic acids is 1. The molecule has 0 saturated heterocycles. The Bertz CT molecular complexity index is 3630. The van der Waals surface area contributed by atoms with Gasteiger partial charge in [0.1, 0.15) is 28.9 Å². The van der Waals surface area contributed by atoms with E-state index in [4.69, 9.17) is 19.9 Å². The zero-order chi connectivity index (χ0) is 67.6. The molecule has 2 aromatic heterocycles. The highest BCUT2D eigenvalue weighted by molar-refractivity contribution is 6.19. The number of hydrazone groups is 2. The number of aromatic nitrogens is 2. The molecule has 6 heterocycles. The maximum atomic E-state index is 13.7. The Balaban J connectivity index is 0.000000221. The third-order valence-corrected chi connectivity index (χ3v) is 17.8. The van der Waals surface area contributed by atoms with Crippen LogP contribution in [0.15, 0.2) is 46.6 Å². The van der Waals surface area contributed by atoms with Crippen molar-refractivity contribution in [2.24, 2.45) is 33.7 Å². The zero-order valence-corrected chi connectivity index (χ0v) is 58.2. The first-order valence-corrected chi connectivity index (χ1v) is 33.3. The molecule has 0 bridgehead atoms. The Morgan fingerprint density at radius 2 is 1.02 bits per heavy atom. The number of nitrogens with two attached hydrogens (primary N) is 1. The van der Waals surface area contributed by atoms with Crippen LogP contribution in [-0.4, -0.2) is 141 Å². The molecule has 4 aliphatic heterocycles. The first kappa shape index (κ1) is 75.4. The molecule has 11 rings (SSSR count). The molecule has 25 nitrogen and oxygen atoms in total. The summed E-state index contributed by atoms with van der Waals surface area (Å²) < 4.78 is 16.1. The summed E-state index contributed by atoms with van der Waals surface area (Å²) in [6.07, 6.45) is 22.3. The highest BCUT2D eigenvalue weighted by Crippen LogP contribution is 2.38. The lowest BCUT2D eigenvalue weighted by atomic mass is 9.83. The number of carbonyl (C=O) groups is 8. The molecule has 27 heteroatoms. The minimum Gasteiger partial charge on any atom is -0.480 e. The standard InChI is InChI=1S/C33H44N6O6.C23H28N6O2.C13H23NO4.2ClH/c1-32(2,3)44-30(42)37-27(19-10-8-7-9-11-19)29(41)35-21-16-22-25-23(18-34-38-28(22)40)26(36-24(25)17-21)20-12-14-39(15-13-20)31(43)45-33(4,5)6;24-20(13-4-2-1-3-5-13)23(31)27-15-10-16-19-17(12-26-29-22(16)30)21(28-18(19)11-15)14-6-8-25-9-7-14;1-13(2,3)18-12(17)14-10(11(15)16)9-7-5-4-6-8-9;;/h12,16-19,27,36H,7-11,13-15H2,1-6H3,(H,35,41)(H,37,42)(H,38,40);6,10-13,20,25,28H,1-5,7-9,24H2,(H,27,31)(H,29,30);9-10H,4-8H2,1-3H3,(H,14,17)(H,15,16);2*1H/t27-;20-;10-;;/m111../s1. The number of hydrogen-bond acceptors (Lipinski definition) is 15. The molecule has 12 N–H and O–H groups in total. The van der Waals surface area contributed by atoms with Crippen molar-refractivity contribution in [2.45, 2.75) is 206 Å². The van der Waals surface area contributed by atoms with Crippen molar-refractivity contribution in [3.8, 4) is 0 Å². The maximum absolute atomic E-state index is 13.7. The van der Waals surface area contributed by atoms with Crippen molar-refractivity contribution < 1.29 is 57.7 Å². The average molecular weight is 1370 g/mol. The van der Waals surface area contributed by atoms with Gasteiger partial charge in [-0.25, -0.2) is 30.0 Å². The van der Waals surface area contributed by atoms with Gasteiger partial charge in [0.15, 0.2) is 0 Å². The fourth-order valence-corrected chi connectivity index (χ4v) is 13.4. The molecule has 96 heavy (non-hydrogen) atoms. The number of carbonyl (C=O) groups excluding carboxylic acids is 7. The number of nitrogens with one attached hydrogen (secondary N) is 9. The Morgan fingerprint density at radius 1 is 0.583 bits per heavy atom. The quantitative estimate of drug-likeness (QED) is 0.0588. The first-order valence-electron chi connectivity index (χ1n) is 33.3. The number of benzene rings is 2. The molecule has 524 valence electrons. The van der Waals surface area contributed by atoms with Crippen molar-refractivity contribution in [2.75, 3.05) is 36.8 Å². The van der Waals surface area contributed by atoms with Crippen LogP contribution in [0, 0.1) is 17.8 Å². The zero-order valence-electron chi connectivity index (χ0n) is 56.6. The first-order chi connectivity index (χ1) is 44.6. The lowest BCUT2D eigenvalue weighted by Crippen LogP contribution is -2.50. The molecule has 2 aromatic carbocycles. The van der Waals surface area contributed by atoms with Crippen LogP contribution < -0.4 is 43.2 Å². The van der Waals surface area contributed by atoms with Crippen LogP contribution in [0.3, 0.4) is 0 Å². The second-order valence-corrected chi connectivity index (χ2v) is 28.5. The van der Waals surface area contributed by atoms with Gasteiger partial charge in [-0.05, 0) is 173 Å². The van der Waals surface area contributed by atoms with Crippen LogP contribution in [-0.2, 0) is 28.6 Å². The van der Waals surface area contributed by atoms with Gasteiger partial charge in [0.2, 0.25) is 11.8 Å². The summed E-state index contributed by atoms with van der Waals surface area (Å²) in [7, 11) is 0. The Labute approximate surface area is 573 Å². The van der Waals surface area contributed by atoms with Gasteiger partial charge in [-0.3, -0.25) is 19.2 Å². The minimum absolute atomic E-state index is 0. The lowest BCUT2D eigenvalue weighted by molar-refractivity contribution is -0.141. The van der Waals surface area contributed by atoms with Crippen LogP contribution >= 0.6 is 24.8 Å². The molecule has 0 spiro atoms. The van der Waals surface area contributed by atoms with Gasteiger partial charge in [0.25, 0.3) is 11.8 Å². The van der Waals surface area contributed by atoms with E-state index in [2.05, 4.69) is 63.7 Å². The molecular formula is C69H97Cl2N13O12. The van der Waals surface area contributed by atoms with Crippen LogP contribution in [0.5, 0.6) is 0 Å². The number of nitrogens with zero attached hydrogens (tertiary/aromatic N) is 3. The van der Waals surface area contributed by atoms with E-state index in [0.717, 1.165) is 148 Å². The smallest absolute Gasteiger partial charge is 0.410 e. The summed E-state index contributed by atoms with van der Waals surface area (Å²) >= 11 is 0. The average Bonchev–Trinajstić information content (AvgIpc) is 1.60. The topological polar surface area (TPSA) is 354 Å². The molecule has 3 atom stereocenters. The van der Waals surface area contributed by atoms with Gasteiger partial charge in [-0.15, -0.1) is 24.8 Å². The monoisotopic (exact) mass is 1370 g/mol. The van der Waals surface area contributed by atoms with Gasteiger partial charge < -0.3 is 66.5 Å². The number of rotatable bonds is 12. The van der Waals surface area contributed by atoms with E-state index in [1.807, 2.05) is 32.9 Å². The second-order valence-electron chi connectivity index (χ2n) is 28.5. The number of alkyl carbamates (subject to hydrolysis) is 2. The second kappa shape index (κ2) is 32.8. The molecule has 3 fully saturated rings. The van der Waals surface area contributed by atoms with E-state index >= 15 is 0 Å². The maximum Gasteiger partial charge on any atom is 0.410 e. The van der Waals surface area contributed by atoms with Gasteiger partial charge in [-0.2, -0.15) is 10.2 Å². The van der Waals surface area contributed by atoms with Gasteiger partial charge in [-0.1, -0.05) is 69.9 Å². The van der Waals surface area contributed by atoms with E-state index in [0.29, 0.717) is 52.9 Å². The predicted molar refractivity (Wildman–Crippen MR) is 376 cm³/mol. The number of aromatic amines is 2. The Kier molecular flexibility index (Phi) is 25.8. The third kappa shape index (κ3) is 19.8. The molecule has 7 aliphatic rings. The van der Waals surface area contributed by atoms with E-state index in [1.165, 1.54) is 12.0 Å². The number of anilines is 2. The van der Waals surface area contributed by atoms with Crippen LogP contribution in [0.25, 0.3) is 33.0 Å². The fraction of sp³-hybridized carbons (Fsp3) is 0.565. The number of carboxylic acid groups (broad SMARTS) is 1. The van der Waals surface area contributed by atoms with Crippen molar-refractivity contribution >= 4 is 129 Å². The molecule has 4 aromatic rings. The van der Waals surface area contributed by atoms with Gasteiger partial charge in [0.05, 0.1) is 41.0 Å². The molecule has 7 amide bonds.